The van der Waals surface area contributed by atoms with Crippen LogP contribution in [0.15, 0.2) is 18.2 Å². The topological polar surface area (TPSA) is 13.1 Å². The zero-order valence-corrected chi connectivity index (χ0v) is 9.31. The molecule has 0 unspecified atom stereocenters. The van der Waals surface area contributed by atoms with Gasteiger partial charge in [0.15, 0.2) is 0 Å². The van der Waals surface area contributed by atoms with Gasteiger partial charge in [-0.25, -0.2) is 0 Å². The molecule has 0 saturated heterocycles. The Labute approximate surface area is 98.1 Å². The van der Waals surface area contributed by atoms with Crippen LogP contribution in [-0.2, 0) is 13.2 Å². The summed E-state index contributed by atoms with van der Waals surface area (Å²) in [5, 5.41) is 0. The van der Waals surface area contributed by atoms with Gasteiger partial charge in [0, 0.05) is 6.07 Å². The van der Waals surface area contributed by atoms with Crippen molar-refractivity contribution >= 4 is 7.25 Å². The molecule has 0 N–H and O–H groups in total. The molecule has 0 bridgehead atoms. The van der Waals surface area contributed by atoms with Crippen molar-refractivity contribution in [2.24, 2.45) is 7.05 Å². The molecule has 0 aromatic carbocycles. The number of aromatic nitrogens is 1. The van der Waals surface area contributed by atoms with E-state index in [-0.39, 0.29) is 5.88 Å². The standard InChI is InChI=1S/C8H9F3NO.BF4/c1-12-6(8(9,10)11)4-3-5-7(12)13-2;2-1(3,4)5/h3-5H,1-2H3;/q+1;-1. The first-order valence-electron chi connectivity index (χ1n) is 4.44. The van der Waals surface area contributed by atoms with Crippen LogP contribution >= 0.6 is 0 Å². The van der Waals surface area contributed by atoms with Gasteiger partial charge in [0.2, 0.25) is 0 Å². The Hall–Kier alpha value is -1.48. The second-order valence-electron chi connectivity index (χ2n) is 3.01. The lowest BCUT2D eigenvalue weighted by atomic mass is 10.3. The second kappa shape index (κ2) is 5.92. The van der Waals surface area contributed by atoms with Crippen molar-refractivity contribution in [3.8, 4) is 5.88 Å². The quantitative estimate of drug-likeness (QED) is 0.437. The van der Waals surface area contributed by atoms with Gasteiger partial charge in [-0.2, -0.15) is 17.7 Å². The molecule has 2 nitrogen and oxygen atoms in total. The average Bonchev–Trinajstić information content (AvgIpc) is 2.13. The molecule has 0 spiro atoms. The summed E-state index contributed by atoms with van der Waals surface area (Å²) < 4.78 is 81.6. The molecule has 10 heteroatoms. The first-order valence-corrected chi connectivity index (χ1v) is 4.44. The summed E-state index contributed by atoms with van der Waals surface area (Å²) in [6.45, 7) is 0. The smallest absolute Gasteiger partial charge is 0.448 e. The summed E-state index contributed by atoms with van der Waals surface area (Å²) in [6, 6.07) is 3.78. The van der Waals surface area contributed by atoms with E-state index in [0.717, 1.165) is 10.6 Å². The molecule has 1 aromatic rings. The van der Waals surface area contributed by atoms with Gasteiger partial charge < -0.3 is 22.0 Å². The largest absolute Gasteiger partial charge is 0.673 e. The highest BCUT2D eigenvalue weighted by molar-refractivity contribution is 6.50. The van der Waals surface area contributed by atoms with E-state index >= 15 is 0 Å². The van der Waals surface area contributed by atoms with E-state index in [0.29, 0.717) is 0 Å². The van der Waals surface area contributed by atoms with Crippen LogP contribution in [0.5, 0.6) is 5.88 Å². The number of nitrogens with zero attached hydrogens (tertiary/aromatic N) is 1. The van der Waals surface area contributed by atoms with E-state index in [1.54, 1.807) is 0 Å². The first-order chi connectivity index (χ1) is 7.96. The van der Waals surface area contributed by atoms with Crippen LogP contribution < -0.4 is 9.30 Å². The maximum atomic E-state index is 12.3. The fourth-order valence-corrected chi connectivity index (χ4v) is 1.05. The van der Waals surface area contributed by atoms with Crippen molar-refractivity contribution in [2.45, 2.75) is 6.18 Å². The van der Waals surface area contributed by atoms with Crippen LogP contribution in [0.25, 0.3) is 0 Å². The monoisotopic (exact) mass is 279 g/mol. The molecule has 0 aliphatic heterocycles. The normalized spacial score (nSPS) is 11.6. The fraction of sp³-hybridized carbons (Fsp3) is 0.375. The molecular formula is C8H9BF7NO. The number of ether oxygens (including phenoxy) is 1. The highest BCUT2D eigenvalue weighted by Gasteiger charge is 2.40. The van der Waals surface area contributed by atoms with Gasteiger partial charge in [0.1, 0.15) is 7.05 Å². The Balaban J connectivity index is 0.000000494. The molecule has 0 atom stereocenters. The lowest BCUT2D eigenvalue weighted by molar-refractivity contribution is -0.695. The van der Waals surface area contributed by atoms with Gasteiger partial charge >= 0.3 is 19.3 Å². The summed E-state index contributed by atoms with van der Waals surface area (Å²) in [5.74, 6) is 0.176. The van der Waals surface area contributed by atoms with E-state index in [1.807, 2.05) is 0 Å². The lowest BCUT2D eigenvalue weighted by Crippen LogP contribution is -2.39. The minimum Gasteiger partial charge on any atom is -0.448 e. The Kier molecular flexibility index (Phi) is 5.43. The zero-order chi connectivity index (χ0) is 14.6. The van der Waals surface area contributed by atoms with Crippen LogP contribution in [0.4, 0.5) is 30.4 Å². The van der Waals surface area contributed by atoms with E-state index in [1.165, 1.54) is 26.3 Å². The Morgan fingerprint density at radius 3 is 1.89 bits per heavy atom. The van der Waals surface area contributed by atoms with E-state index in [9.17, 15) is 30.4 Å². The van der Waals surface area contributed by atoms with Gasteiger partial charge in [0.25, 0.3) is 5.69 Å². The minimum absolute atomic E-state index is 0.176. The molecule has 1 heterocycles. The lowest BCUT2D eigenvalue weighted by Gasteiger charge is -2.05. The summed E-state index contributed by atoms with van der Waals surface area (Å²) in [4.78, 5) is 0. The van der Waals surface area contributed by atoms with E-state index < -0.39 is 19.1 Å². The zero-order valence-electron chi connectivity index (χ0n) is 9.31. The molecule has 0 fully saturated rings. The number of alkyl halides is 3. The molecule has 0 amide bonds. The highest BCUT2D eigenvalue weighted by atomic mass is 19.5. The highest BCUT2D eigenvalue weighted by Crippen LogP contribution is 2.26. The SMILES string of the molecule is COc1cccc(C(F)(F)F)[n+]1C.F[B-](F)(F)F. The minimum atomic E-state index is -6.00. The Morgan fingerprint density at radius 1 is 1.11 bits per heavy atom. The summed E-state index contributed by atoms with van der Waals surface area (Å²) in [6.07, 6.45) is -4.34. The number of rotatable bonds is 1. The Bertz CT molecular complexity index is 384. The van der Waals surface area contributed by atoms with Gasteiger partial charge in [-0.3, -0.25) is 0 Å². The molecule has 0 saturated carbocycles. The number of halogens is 7. The summed E-state index contributed by atoms with van der Waals surface area (Å²) in [5.41, 5.74) is -0.730. The predicted molar refractivity (Wildman–Crippen MR) is 49.4 cm³/mol. The molecule has 0 radical (unpaired) electrons. The van der Waals surface area contributed by atoms with Gasteiger partial charge in [0.05, 0.1) is 13.2 Å². The molecular weight excluding hydrogens is 270 g/mol. The molecule has 1 aromatic heterocycles. The fourth-order valence-electron chi connectivity index (χ4n) is 1.05. The maximum absolute atomic E-state index is 12.3. The third-order valence-corrected chi connectivity index (χ3v) is 1.68. The van der Waals surface area contributed by atoms with Crippen molar-refractivity contribution < 1.29 is 39.7 Å². The summed E-state index contributed by atoms with van der Waals surface area (Å²) in [7, 11) is -3.36. The van der Waals surface area contributed by atoms with Crippen LogP contribution in [0.3, 0.4) is 0 Å². The van der Waals surface area contributed by atoms with Crippen molar-refractivity contribution in [1.29, 1.82) is 0 Å². The maximum Gasteiger partial charge on any atom is 0.673 e. The third kappa shape index (κ3) is 6.31. The third-order valence-electron chi connectivity index (χ3n) is 1.68. The van der Waals surface area contributed by atoms with Crippen molar-refractivity contribution in [2.75, 3.05) is 7.11 Å². The van der Waals surface area contributed by atoms with Crippen molar-refractivity contribution in [3.63, 3.8) is 0 Å². The van der Waals surface area contributed by atoms with Crippen molar-refractivity contribution in [3.05, 3.63) is 23.9 Å². The van der Waals surface area contributed by atoms with Gasteiger partial charge in [-0.05, 0) is 6.07 Å². The first kappa shape index (κ1) is 16.5. The van der Waals surface area contributed by atoms with Gasteiger partial charge in [-0.15, -0.1) is 0 Å². The summed E-state index contributed by atoms with van der Waals surface area (Å²) >= 11 is 0. The Morgan fingerprint density at radius 2 is 1.56 bits per heavy atom. The number of hydrogen-bond donors (Lipinski definition) is 0. The molecule has 104 valence electrons. The van der Waals surface area contributed by atoms with Crippen molar-refractivity contribution in [1.82, 2.24) is 0 Å². The molecule has 0 aliphatic rings. The predicted octanol–water partition coefficient (Wildman–Crippen LogP) is 2.84. The van der Waals surface area contributed by atoms with E-state index in [4.69, 9.17) is 4.74 Å². The van der Waals surface area contributed by atoms with Crippen LogP contribution in [0.1, 0.15) is 5.69 Å². The van der Waals surface area contributed by atoms with Gasteiger partial charge in [-0.1, -0.05) is 0 Å². The molecule has 1 rings (SSSR count). The van der Waals surface area contributed by atoms with Crippen LogP contribution in [0.2, 0.25) is 0 Å². The number of methoxy groups -OCH3 is 1. The second-order valence-corrected chi connectivity index (χ2v) is 3.01. The number of hydrogen-bond acceptors (Lipinski definition) is 1. The average molecular weight is 279 g/mol. The number of pyridine rings is 1. The van der Waals surface area contributed by atoms with E-state index in [2.05, 4.69) is 0 Å². The van der Waals surface area contributed by atoms with Crippen LogP contribution in [-0.4, -0.2) is 14.4 Å². The molecule has 18 heavy (non-hydrogen) atoms. The molecule has 0 aliphatic carbocycles. The van der Waals surface area contributed by atoms with Crippen LogP contribution in [0, 0.1) is 0 Å².